The van der Waals surface area contributed by atoms with Gasteiger partial charge in [0.15, 0.2) is 0 Å². The van der Waals surface area contributed by atoms with Gasteiger partial charge < -0.3 is 15.2 Å². The molecule has 2 aromatic carbocycles. The highest BCUT2D eigenvalue weighted by molar-refractivity contribution is 6.32. The third-order valence-corrected chi connectivity index (χ3v) is 3.90. The summed E-state index contributed by atoms with van der Waals surface area (Å²) in [5.41, 5.74) is 1.46. The molecule has 25 heavy (non-hydrogen) atoms. The third-order valence-electron chi connectivity index (χ3n) is 3.60. The van der Waals surface area contributed by atoms with Crippen molar-refractivity contribution < 1.29 is 19.4 Å². The molecule has 0 radical (unpaired) electrons. The molecular formula is C19H20ClNO4. The first-order valence-corrected chi connectivity index (χ1v) is 8.35. The summed E-state index contributed by atoms with van der Waals surface area (Å²) in [4.78, 5) is 23.8. The molecule has 0 saturated heterocycles. The van der Waals surface area contributed by atoms with Crippen molar-refractivity contribution in [2.75, 3.05) is 6.61 Å². The van der Waals surface area contributed by atoms with Gasteiger partial charge in [0.25, 0.3) is 0 Å². The van der Waals surface area contributed by atoms with E-state index in [1.54, 1.807) is 18.2 Å². The van der Waals surface area contributed by atoms with Gasteiger partial charge in [-0.25, -0.2) is 4.79 Å². The molecule has 1 atom stereocenters. The second-order valence-electron chi connectivity index (χ2n) is 5.49. The van der Waals surface area contributed by atoms with E-state index in [1.165, 1.54) is 0 Å². The van der Waals surface area contributed by atoms with E-state index in [0.29, 0.717) is 22.9 Å². The van der Waals surface area contributed by atoms with E-state index in [-0.39, 0.29) is 12.8 Å². The van der Waals surface area contributed by atoms with Gasteiger partial charge in [-0.2, -0.15) is 0 Å². The molecule has 0 bridgehead atoms. The fourth-order valence-corrected chi connectivity index (χ4v) is 2.72. The number of aliphatic carboxylic acids is 1. The molecule has 0 saturated carbocycles. The summed E-state index contributed by atoms with van der Waals surface area (Å²) < 4.78 is 5.49. The Morgan fingerprint density at radius 2 is 1.88 bits per heavy atom. The lowest BCUT2D eigenvalue weighted by atomic mass is 10.1. The van der Waals surface area contributed by atoms with Gasteiger partial charge in [-0.1, -0.05) is 54.1 Å². The summed E-state index contributed by atoms with van der Waals surface area (Å²) in [6.45, 7) is 2.25. The maximum Gasteiger partial charge on any atom is 0.326 e. The fraction of sp³-hybridized carbons (Fsp3) is 0.263. The summed E-state index contributed by atoms with van der Waals surface area (Å²) in [6, 6.07) is 13.3. The van der Waals surface area contributed by atoms with Gasteiger partial charge in [0.2, 0.25) is 5.91 Å². The van der Waals surface area contributed by atoms with Crippen molar-refractivity contribution in [3.8, 4) is 5.75 Å². The van der Waals surface area contributed by atoms with E-state index in [1.807, 2.05) is 37.3 Å². The molecule has 2 aromatic rings. The van der Waals surface area contributed by atoms with Gasteiger partial charge in [0.05, 0.1) is 18.1 Å². The minimum atomic E-state index is -1.08. The average Bonchev–Trinajstić information content (AvgIpc) is 2.58. The van der Waals surface area contributed by atoms with Crippen LogP contribution >= 0.6 is 11.6 Å². The molecule has 0 aliphatic rings. The minimum absolute atomic E-state index is 0.00549. The SMILES string of the molecule is CCOc1c(Cl)cccc1CC(=O)N[C@@H](Cc1ccccc1)C(=O)O. The van der Waals surface area contributed by atoms with Crippen LogP contribution in [0.25, 0.3) is 0 Å². The van der Waals surface area contributed by atoms with Gasteiger partial charge in [-0.3, -0.25) is 4.79 Å². The van der Waals surface area contributed by atoms with Crippen molar-refractivity contribution >= 4 is 23.5 Å². The van der Waals surface area contributed by atoms with Crippen LogP contribution in [0.4, 0.5) is 0 Å². The van der Waals surface area contributed by atoms with Crippen LogP contribution in [-0.2, 0) is 22.4 Å². The van der Waals surface area contributed by atoms with Crippen LogP contribution in [0, 0.1) is 0 Å². The number of hydrogen-bond donors (Lipinski definition) is 2. The zero-order valence-corrected chi connectivity index (χ0v) is 14.6. The quantitative estimate of drug-likeness (QED) is 0.757. The summed E-state index contributed by atoms with van der Waals surface area (Å²) in [6.07, 6.45) is 0.213. The Morgan fingerprint density at radius 3 is 2.52 bits per heavy atom. The monoisotopic (exact) mass is 361 g/mol. The number of hydrogen-bond acceptors (Lipinski definition) is 3. The molecule has 0 spiro atoms. The predicted octanol–water partition coefficient (Wildman–Crippen LogP) is 3.09. The Morgan fingerprint density at radius 1 is 1.16 bits per heavy atom. The molecule has 0 aliphatic carbocycles. The Kier molecular flexibility index (Phi) is 6.83. The Balaban J connectivity index is 2.07. The highest BCUT2D eigenvalue weighted by atomic mass is 35.5. The topological polar surface area (TPSA) is 75.6 Å². The first kappa shape index (κ1) is 18.8. The van der Waals surface area contributed by atoms with Gasteiger partial charge in [0, 0.05) is 12.0 Å². The summed E-state index contributed by atoms with van der Waals surface area (Å²) in [7, 11) is 0. The highest BCUT2D eigenvalue weighted by Crippen LogP contribution is 2.29. The maximum absolute atomic E-state index is 12.3. The molecule has 0 aliphatic heterocycles. The largest absolute Gasteiger partial charge is 0.492 e. The van der Waals surface area contributed by atoms with Crippen molar-refractivity contribution in [3.63, 3.8) is 0 Å². The molecule has 0 fully saturated rings. The van der Waals surface area contributed by atoms with Gasteiger partial charge in [-0.15, -0.1) is 0 Å². The van der Waals surface area contributed by atoms with Gasteiger partial charge in [0.1, 0.15) is 11.8 Å². The molecule has 6 heteroatoms. The molecule has 5 nitrogen and oxygen atoms in total. The fourth-order valence-electron chi connectivity index (χ4n) is 2.47. The van der Waals surface area contributed by atoms with E-state index in [2.05, 4.69) is 5.32 Å². The zero-order valence-electron chi connectivity index (χ0n) is 13.9. The number of carboxylic acids is 1. The first-order chi connectivity index (χ1) is 12.0. The first-order valence-electron chi connectivity index (χ1n) is 7.97. The van der Waals surface area contributed by atoms with E-state index in [4.69, 9.17) is 16.3 Å². The number of ether oxygens (including phenoxy) is 1. The second-order valence-corrected chi connectivity index (χ2v) is 5.89. The van der Waals surface area contributed by atoms with Gasteiger partial charge >= 0.3 is 5.97 Å². The van der Waals surface area contributed by atoms with Crippen molar-refractivity contribution in [1.29, 1.82) is 0 Å². The number of nitrogens with one attached hydrogen (secondary N) is 1. The summed E-state index contributed by atoms with van der Waals surface area (Å²) >= 11 is 6.10. The lowest BCUT2D eigenvalue weighted by Gasteiger charge is -2.16. The Labute approximate surface area is 151 Å². The Hall–Kier alpha value is -2.53. The maximum atomic E-state index is 12.3. The predicted molar refractivity (Wildman–Crippen MR) is 96.0 cm³/mol. The number of para-hydroxylation sites is 1. The smallest absolute Gasteiger partial charge is 0.326 e. The number of rotatable bonds is 8. The highest BCUT2D eigenvalue weighted by Gasteiger charge is 2.21. The van der Waals surface area contributed by atoms with Gasteiger partial charge in [-0.05, 0) is 18.6 Å². The lowest BCUT2D eigenvalue weighted by molar-refractivity contribution is -0.141. The van der Waals surface area contributed by atoms with Crippen LogP contribution in [0.1, 0.15) is 18.1 Å². The lowest BCUT2D eigenvalue weighted by Crippen LogP contribution is -2.43. The van der Waals surface area contributed by atoms with Crippen molar-refractivity contribution in [2.24, 2.45) is 0 Å². The van der Waals surface area contributed by atoms with Crippen LogP contribution in [-0.4, -0.2) is 29.6 Å². The van der Waals surface area contributed by atoms with E-state index >= 15 is 0 Å². The third kappa shape index (κ3) is 5.50. The molecule has 1 amide bonds. The molecule has 132 valence electrons. The zero-order chi connectivity index (χ0) is 18.2. The van der Waals surface area contributed by atoms with Crippen LogP contribution < -0.4 is 10.1 Å². The molecule has 0 aromatic heterocycles. The summed E-state index contributed by atoms with van der Waals surface area (Å²) in [5, 5.41) is 12.4. The number of amides is 1. The average molecular weight is 362 g/mol. The van der Waals surface area contributed by atoms with Crippen molar-refractivity contribution in [3.05, 3.63) is 64.7 Å². The standard InChI is InChI=1S/C19H20ClNO4/c1-2-25-18-14(9-6-10-15(18)20)12-17(22)21-16(19(23)24)11-13-7-4-3-5-8-13/h3-10,16H,2,11-12H2,1H3,(H,21,22)(H,23,24)/t16-/m0/s1. The number of benzene rings is 2. The molecule has 0 heterocycles. The molecule has 2 N–H and O–H groups in total. The van der Waals surface area contributed by atoms with Crippen LogP contribution in [0.15, 0.2) is 48.5 Å². The van der Waals surface area contributed by atoms with Crippen LogP contribution in [0.2, 0.25) is 5.02 Å². The number of halogens is 1. The normalized spacial score (nSPS) is 11.6. The van der Waals surface area contributed by atoms with E-state index in [0.717, 1.165) is 5.56 Å². The molecule has 0 unspecified atom stereocenters. The van der Waals surface area contributed by atoms with E-state index < -0.39 is 17.9 Å². The van der Waals surface area contributed by atoms with Crippen molar-refractivity contribution in [2.45, 2.75) is 25.8 Å². The van der Waals surface area contributed by atoms with Crippen LogP contribution in [0.5, 0.6) is 5.75 Å². The minimum Gasteiger partial charge on any atom is -0.492 e. The van der Waals surface area contributed by atoms with Crippen molar-refractivity contribution in [1.82, 2.24) is 5.32 Å². The molecular weight excluding hydrogens is 342 g/mol. The number of carboxylic acid groups (broad SMARTS) is 1. The molecule has 2 rings (SSSR count). The number of carbonyl (C=O) groups is 2. The Bertz CT molecular complexity index is 733. The van der Waals surface area contributed by atoms with E-state index in [9.17, 15) is 14.7 Å². The second kappa shape index (κ2) is 9.08. The summed E-state index contributed by atoms with van der Waals surface area (Å²) in [5.74, 6) is -1.02. The number of carbonyl (C=O) groups excluding carboxylic acids is 1. The van der Waals surface area contributed by atoms with Crippen LogP contribution in [0.3, 0.4) is 0 Å².